The van der Waals surface area contributed by atoms with Crippen LogP contribution in [0.1, 0.15) is 18.4 Å². The van der Waals surface area contributed by atoms with Gasteiger partial charge >= 0.3 is 5.97 Å². The monoisotopic (exact) mass is 279 g/mol. The van der Waals surface area contributed by atoms with E-state index in [9.17, 15) is 9.18 Å². The van der Waals surface area contributed by atoms with E-state index >= 15 is 0 Å². The van der Waals surface area contributed by atoms with Gasteiger partial charge in [-0.2, -0.15) is 0 Å². The Kier molecular flexibility index (Phi) is 3.61. The lowest BCUT2D eigenvalue weighted by Gasteiger charge is -2.20. The van der Waals surface area contributed by atoms with Gasteiger partial charge in [0, 0.05) is 31.5 Å². The van der Waals surface area contributed by atoms with Crippen LogP contribution in [0.15, 0.2) is 18.2 Å². The standard InChI is InChI=1S/C15H18FNO3/c16-12-1-2-14-11(6-12)7-13(20-14)9-17-4-3-10(8-17)5-15(18)19/h1-2,6,10,13H,3-5,7-9H2,(H,18,19). The zero-order valence-electron chi connectivity index (χ0n) is 11.2. The average molecular weight is 279 g/mol. The fourth-order valence-corrected chi connectivity index (χ4v) is 3.17. The first-order chi connectivity index (χ1) is 9.60. The van der Waals surface area contributed by atoms with Gasteiger partial charge in [-0.3, -0.25) is 9.69 Å². The highest BCUT2D eigenvalue weighted by Gasteiger charge is 2.30. The number of carboxylic acids is 1. The summed E-state index contributed by atoms with van der Waals surface area (Å²) >= 11 is 0. The summed E-state index contributed by atoms with van der Waals surface area (Å²) in [6, 6.07) is 4.63. The summed E-state index contributed by atoms with van der Waals surface area (Å²) in [6.45, 7) is 2.52. The Balaban J connectivity index is 1.53. The van der Waals surface area contributed by atoms with Crippen LogP contribution in [0.3, 0.4) is 0 Å². The largest absolute Gasteiger partial charge is 0.488 e. The third kappa shape index (κ3) is 2.93. The molecule has 108 valence electrons. The predicted octanol–water partition coefficient (Wildman–Crippen LogP) is 1.93. The fourth-order valence-electron chi connectivity index (χ4n) is 3.17. The van der Waals surface area contributed by atoms with Gasteiger partial charge in [0.25, 0.3) is 0 Å². The Morgan fingerprint density at radius 1 is 1.50 bits per heavy atom. The van der Waals surface area contributed by atoms with Crippen molar-refractivity contribution in [3.63, 3.8) is 0 Å². The molecule has 1 N–H and O–H groups in total. The molecule has 4 nitrogen and oxygen atoms in total. The van der Waals surface area contributed by atoms with E-state index in [1.54, 1.807) is 6.07 Å². The van der Waals surface area contributed by atoms with Gasteiger partial charge < -0.3 is 9.84 Å². The summed E-state index contributed by atoms with van der Waals surface area (Å²) in [5.41, 5.74) is 0.927. The predicted molar refractivity (Wildman–Crippen MR) is 71.3 cm³/mol. The second-order valence-electron chi connectivity index (χ2n) is 5.71. The molecule has 2 aliphatic heterocycles. The number of carboxylic acid groups (broad SMARTS) is 1. The van der Waals surface area contributed by atoms with Gasteiger partial charge in [-0.15, -0.1) is 0 Å². The Morgan fingerprint density at radius 2 is 2.35 bits per heavy atom. The molecule has 2 unspecified atom stereocenters. The third-order valence-corrected chi connectivity index (χ3v) is 4.06. The number of fused-ring (bicyclic) bond motifs is 1. The Bertz CT molecular complexity index is 520. The van der Waals surface area contributed by atoms with Crippen molar-refractivity contribution >= 4 is 5.97 Å². The molecule has 0 aliphatic carbocycles. The Hall–Kier alpha value is -1.62. The molecule has 0 bridgehead atoms. The number of benzene rings is 1. The van der Waals surface area contributed by atoms with Crippen LogP contribution >= 0.6 is 0 Å². The van der Waals surface area contributed by atoms with E-state index in [1.165, 1.54) is 12.1 Å². The minimum atomic E-state index is -0.725. The molecular formula is C15H18FNO3. The lowest BCUT2D eigenvalue weighted by Crippen LogP contribution is -2.33. The van der Waals surface area contributed by atoms with Crippen molar-refractivity contribution in [3.8, 4) is 5.75 Å². The van der Waals surface area contributed by atoms with Crippen LogP contribution in [0.4, 0.5) is 4.39 Å². The molecule has 1 aromatic rings. The maximum Gasteiger partial charge on any atom is 0.303 e. The number of ether oxygens (including phenoxy) is 1. The molecule has 20 heavy (non-hydrogen) atoms. The van der Waals surface area contributed by atoms with Crippen molar-refractivity contribution in [2.75, 3.05) is 19.6 Å². The van der Waals surface area contributed by atoms with Crippen LogP contribution < -0.4 is 4.74 Å². The SMILES string of the molecule is O=C(O)CC1CCN(CC2Cc3cc(F)ccc3O2)C1. The van der Waals surface area contributed by atoms with E-state index in [2.05, 4.69) is 4.90 Å². The molecule has 0 amide bonds. The molecule has 3 rings (SSSR count). The minimum absolute atomic E-state index is 0.0513. The summed E-state index contributed by atoms with van der Waals surface area (Å²) in [5.74, 6) is 0.0685. The Morgan fingerprint density at radius 3 is 3.15 bits per heavy atom. The molecule has 2 heterocycles. The van der Waals surface area contributed by atoms with Crippen LogP contribution in [0.2, 0.25) is 0 Å². The maximum absolute atomic E-state index is 13.1. The van der Waals surface area contributed by atoms with Crippen molar-refractivity contribution in [1.29, 1.82) is 0 Å². The molecule has 1 saturated heterocycles. The van der Waals surface area contributed by atoms with Gasteiger partial charge in [-0.05, 0) is 37.1 Å². The molecule has 1 aromatic carbocycles. The molecule has 0 aromatic heterocycles. The molecular weight excluding hydrogens is 261 g/mol. The molecule has 2 aliphatic rings. The fraction of sp³-hybridized carbons (Fsp3) is 0.533. The zero-order chi connectivity index (χ0) is 14.1. The minimum Gasteiger partial charge on any atom is -0.488 e. The summed E-state index contributed by atoms with van der Waals surface area (Å²) in [4.78, 5) is 13.0. The lowest BCUT2D eigenvalue weighted by atomic mass is 10.1. The highest BCUT2D eigenvalue weighted by Crippen LogP contribution is 2.30. The second kappa shape index (κ2) is 5.40. The number of hydrogen-bond acceptors (Lipinski definition) is 3. The summed E-state index contributed by atoms with van der Waals surface area (Å²) in [5, 5.41) is 8.81. The molecule has 1 fully saturated rings. The third-order valence-electron chi connectivity index (χ3n) is 4.06. The van der Waals surface area contributed by atoms with Gasteiger partial charge in [0.2, 0.25) is 0 Å². The second-order valence-corrected chi connectivity index (χ2v) is 5.71. The van der Waals surface area contributed by atoms with E-state index < -0.39 is 5.97 Å². The van der Waals surface area contributed by atoms with Crippen LogP contribution in [0.25, 0.3) is 0 Å². The van der Waals surface area contributed by atoms with Crippen molar-refractivity contribution in [2.24, 2.45) is 5.92 Å². The van der Waals surface area contributed by atoms with Gasteiger partial charge in [0.15, 0.2) is 0 Å². The number of halogens is 1. The zero-order valence-corrected chi connectivity index (χ0v) is 11.2. The summed E-state index contributed by atoms with van der Waals surface area (Å²) in [7, 11) is 0. The van der Waals surface area contributed by atoms with Gasteiger partial charge in [0.05, 0.1) is 0 Å². The van der Waals surface area contributed by atoms with Crippen molar-refractivity contribution in [1.82, 2.24) is 4.90 Å². The van der Waals surface area contributed by atoms with Crippen LogP contribution in [0, 0.1) is 11.7 Å². The van der Waals surface area contributed by atoms with Gasteiger partial charge in [0.1, 0.15) is 17.7 Å². The number of nitrogens with zero attached hydrogens (tertiary/aromatic N) is 1. The number of rotatable bonds is 4. The topological polar surface area (TPSA) is 49.8 Å². The molecule has 2 atom stereocenters. The molecule has 0 radical (unpaired) electrons. The van der Waals surface area contributed by atoms with Gasteiger partial charge in [-0.1, -0.05) is 0 Å². The molecule has 0 spiro atoms. The normalized spacial score (nSPS) is 25.4. The first-order valence-electron chi connectivity index (χ1n) is 6.99. The van der Waals surface area contributed by atoms with Crippen LogP contribution in [-0.4, -0.2) is 41.7 Å². The highest BCUT2D eigenvalue weighted by molar-refractivity contribution is 5.67. The summed E-state index contributed by atoms with van der Waals surface area (Å²) < 4.78 is 19.0. The van der Waals surface area contributed by atoms with E-state index in [0.29, 0.717) is 0 Å². The van der Waals surface area contributed by atoms with Crippen molar-refractivity contribution < 1.29 is 19.0 Å². The number of aliphatic carboxylic acids is 1. The number of likely N-dealkylation sites (tertiary alicyclic amines) is 1. The molecule has 5 heteroatoms. The van der Waals surface area contributed by atoms with Crippen LogP contribution in [-0.2, 0) is 11.2 Å². The first kappa shape index (κ1) is 13.4. The first-order valence-corrected chi connectivity index (χ1v) is 6.99. The van der Waals surface area contributed by atoms with Crippen molar-refractivity contribution in [3.05, 3.63) is 29.6 Å². The van der Waals surface area contributed by atoms with Gasteiger partial charge in [-0.25, -0.2) is 4.39 Å². The van der Waals surface area contributed by atoms with Crippen LogP contribution in [0.5, 0.6) is 5.75 Å². The Labute approximate surface area is 117 Å². The number of hydrogen-bond donors (Lipinski definition) is 1. The smallest absolute Gasteiger partial charge is 0.303 e. The van der Waals surface area contributed by atoms with E-state index in [1.807, 2.05) is 0 Å². The maximum atomic E-state index is 13.1. The van der Waals surface area contributed by atoms with Crippen molar-refractivity contribution in [2.45, 2.75) is 25.4 Å². The number of carbonyl (C=O) groups is 1. The lowest BCUT2D eigenvalue weighted by molar-refractivity contribution is -0.138. The van der Waals surface area contributed by atoms with E-state index in [-0.39, 0.29) is 24.3 Å². The highest BCUT2D eigenvalue weighted by atomic mass is 19.1. The van der Waals surface area contributed by atoms with E-state index in [0.717, 1.165) is 43.8 Å². The van der Waals surface area contributed by atoms with E-state index in [4.69, 9.17) is 9.84 Å². The average Bonchev–Trinajstić information content (AvgIpc) is 2.95. The molecule has 0 saturated carbocycles. The quantitative estimate of drug-likeness (QED) is 0.915. The summed E-state index contributed by atoms with van der Waals surface area (Å²) in [6.07, 6.45) is 1.96.